The van der Waals surface area contributed by atoms with Crippen molar-refractivity contribution in [3.63, 3.8) is 0 Å². The Hall–Kier alpha value is -3.45. The molecule has 0 amide bonds. The summed E-state index contributed by atoms with van der Waals surface area (Å²) in [6, 6.07) is 16.8. The van der Waals surface area contributed by atoms with Crippen molar-refractivity contribution in [2.45, 2.75) is 6.92 Å². The van der Waals surface area contributed by atoms with Gasteiger partial charge >= 0.3 is 5.63 Å². The van der Waals surface area contributed by atoms with E-state index in [1.54, 1.807) is 19.2 Å². The molecule has 2 heterocycles. The van der Waals surface area contributed by atoms with Crippen molar-refractivity contribution in [2.75, 3.05) is 12.5 Å². The van der Waals surface area contributed by atoms with E-state index < -0.39 is 5.63 Å². The summed E-state index contributed by atoms with van der Waals surface area (Å²) >= 11 is 1.37. The number of thiazole rings is 1. The molecule has 4 aromatic rings. The van der Waals surface area contributed by atoms with Crippen LogP contribution in [0, 0.1) is 0 Å². The number of para-hydroxylation sites is 1. The van der Waals surface area contributed by atoms with Crippen molar-refractivity contribution in [3.05, 3.63) is 76.0 Å². The molecule has 0 unspecified atom stereocenters. The fourth-order valence-electron chi connectivity index (χ4n) is 2.72. The zero-order valence-corrected chi connectivity index (χ0v) is 16.1. The Labute approximate surface area is 165 Å². The predicted molar refractivity (Wildman–Crippen MR) is 112 cm³/mol. The van der Waals surface area contributed by atoms with Crippen LogP contribution in [-0.4, -0.2) is 17.8 Å². The molecular weight excluding hydrogens is 374 g/mol. The quantitative estimate of drug-likeness (QED) is 0.301. The van der Waals surface area contributed by atoms with Crippen LogP contribution in [0.3, 0.4) is 0 Å². The Morgan fingerprint density at radius 2 is 1.96 bits per heavy atom. The molecule has 0 aliphatic rings. The molecule has 2 aromatic heterocycles. The van der Waals surface area contributed by atoms with Gasteiger partial charge in [0, 0.05) is 10.8 Å². The third-order valence-electron chi connectivity index (χ3n) is 4.25. The van der Waals surface area contributed by atoms with Gasteiger partial charge < -0.3 is 9.15 Å². The number of anilines is 1. The number of aromatic nitrogens is 1. The van der Waals surface area contributed by atoms with Crippen molar-refractivity contribution >= 4 is 33.1 Å². The monoisotopic (exact) mass is 391 g/mol. The SMILES string of the molecule is COc1ccc(/C(C)=N/Nc2nc(-c3cc4ccccc4oc3=O)cs2)cc1. The minimum absolute atomic E-state index is 0.409. The minimum Gasteiger partial charge on any atom is -0.497 e. The Balaban J connectivity index is 1.56. The zero-order chi connectivity index (χ0) is 19.5. The van der Waals surface area contributed by atoms with E-state index in [0.29, 0.717) is 22.0 Å². The van der Waals surface area contributed by atoms with E-state index in [1.807, 2.05) is 54.8 Å². The molecule has 0 spiro atoms. The van der Waals surface area contributed by atoms with E-state index in [4.69, 9.17) is 9.15 Å². The number of rotatable bonds is 5. The summed E-state index contributed by atoms with van der Waals surface area (Å²) in [5.41, 5.74) is 5.87. The van der Waals surface area contributed by atoms with Gasteiger partial charge in [-0.2, -0.15) is 5.10 Å². The normalized spacial score (nSPS) is 11.6. The summed E-state index contributed by atoms with van der Waals surface area (Å²) < 4.78 is 10.5. The second-order valence-corrected chi connectivity index (χ2v) is 6.92. The van der Waals surface area contributed by atoms with Crippen LogP contribution in [0.4, 0.5) is 5.13 Å². The molecule has 1 N–H and O–H groups in total. The van der Waals surface area contributed by atoms with E-state index in [9.17, 15) is 4.79 Å². The number of nitrogens with one attached hydrogen (secondary N) is 1. The third-order valence-corrected chi connectivity index (χ3v) is 5.00. The summed E-state index contributed by atoms with van der Waals surface area (Å²) in [7, 11) is 1.63. The fraction of sp³-hybridized carbons (Fsp3) is 0.0952. The Kier molecular flexibility index (Phi) is 4.90. The van der Waals surface area contributed by atoms with Crippen molar-refractivity contribution in [2.24, 2.45) is 5.10 Å². The van der Waals surface area contributed by atoms with Crippen LogP contribution in [0.15, 0.2) is 74.3 Å². The average Bonchev–Trinajstić information content (AvgIpc) is 3.20. The van der Waals surface area contributed by atoms with Crippen LogP contribution in [0.1, 0.15) is 12.5 Å². The number of ether oxygens (including phenoxy) is 1. The molecule has 0 aliphatic carbocycles. The van der Waals surface area contributed by atoms with Gasteiger partial charge in [-0.25, -0.2) is 9.78 Å². The number of hydrogen-bond acceptors (Lipinski definition) is 7. The second-order valence-electron chi connectivity index (χ2n) is 6.06. The summed E-state index contributed by atoms with van der Waals surface area (Å²) in [5.74, 6) is 0.795. The lowest BCUT2D eigenvalue weighted by Crippen LogP contribution is -2.03. The van der Waals surface area contributed by atoms with Crippen LogP contribution in [0.5, 0.6) is 5.75 Å². The van der Waals surface area contributed by atoms with Crippen LogP contribution in [-0.2, 0) is 0 Å². The molecule has 0 radical (unpaired) electrons. The lowest BCUT2D eigenvalue weighted by atomic mass is 10.1. The molecule has 7 heteroatoms. The molecule has 0 saturated heterocycles. The van der Waals surface area contributed by atoms with Crippen LogP contribution < -0.4 is 15.8 Å². The maximum absolute atomic E-state index is 12.3. The standard InChI is InChI=1S/C21H17N3O3S/c1-13(14-7-9-16(26-2)10-8-14)23-24-21-22-18(12-28-21)17-11-15-5-3-4-6-19(15)27-20(17)25/h3-12H,1-2H3,(H,22,24)/b23-13+. The number of hydrazone groups is 1. The van der Waals surface area contributed by atoms with Gasteiger partial charge in [-0.05, 0) is 48.9 Å². The maximum Gasteiger partial charge on any atom is 0.345 e. The van der Waals surface area contributed by atoms with E-state index in [0.717, 1.165) is 22.4 Å². The molecule has 140 valence electrons. The topological polar surface area (TPSA) is 76.7 Å². The van der Waals surface area contributed by atoms with E-state index >= 15 is 0 Å². The number of benzene rings is 2. The van der Waals surface area contributed by atoms with Gasteiger partial charge in [0.1, 0.15) is 11.3 Å². The van der Waals surface area contributed by atoms with Crippen molar-refractivity contribution in [3.8, 4) is 17.0 Å². The largest absolute Gasteiger partial charge is 0.497 e. The first-order valence-corrected chi connectivity index (χ1v) is 9.45. The molecule has 0 aliphatic heterocycles. The number of hydrogen-bond donors (Lipinski definition) is 1. The lowest BCUT2D eigenvalue weighted by Gasteiger charge is -2.03. The smallest absolute Gasteiger partial charge is 0.345 e. The molecule has 2 aromatic carbocycles. The van der Waals surface area contributed by atoms with Crippen molar-refractivity contribution in [1.82, 2.24) is 4.98 Å². The first-order valence-electron chi connectivity index (χ1n) is 8.57. The summed E-state index contributed by atoms with van der Waals surface area (Å²) in [5, 5.41) is 7.63. The first-order chi connectivity index (χ1) is 13.6. The number of nitrogens with zero attached hydrogens (tertiary/aromatic N) is 2. The van der Waals surface area contributed by atoms with Gasteiger partial charge in [0.25, 0.3) is 0 Å². The van der Waals surface area contributed by atoms with Crippen LogP contribution in [0.25, 0.3) is 22.2 Å². The first kappa shape index (κ1) is 17.9. The summed E-state index contributed by atoms with van der Waals surface area (Å²) in [6.07, 6.45) is 0. The van der Waals surface area contributed by atoms with Gasteiger partial charge in [-0.15, -0.1) is 11.3 Å². The molecule has 0 saturated carbocycles. The highest BCUT2D eigenvalue weighted by molar-refractivity contribution is 7.14. The van der Waals surface area contributed by atoms with Gasteiger partial charge in [0.2, 0.25) is 5.13 Å². The molecule has 6 nitrogen and oxygen atoms in total. The summed E-state index contributed by atoms with van der Waals surface area (Å²) in [4.78, 5) is 16.7. The molecule has 0 fully saturated rings. The van der Waals surface area contributed by atoms with Crippen molar-refractivity contribution < 1.29 is 9.15 Å². The lowest BCUT2D eigenvalue weighted by molar-refractivity contribution is 0.415. The average molecular weight is 391 g/mol. The molecule has 0 bridgehead atoms. The van der Waals surface area contributed by atoms with Gasteiger partial charge in [0.15, 0.2) is 0 Å². The molecular formula is C21H17N3O3S. The Morgan fingerprint density at radius 3 is 2.75 bits per heavy atom. The highest BCUT2D eigenvalue weighted by Gasteiger charge is 2.11. The third kappa shape index (κ3) is 3.65. The van der Waals surface area contributed by atoms with Gasteiger partial charge in [0.05, 0.1) is 24.1 Å². The molecule has 0 atom stereocenters. The number of fused-ring (bicyclic) bond motifs is 1. The predicted octanol–water partition coefficient (Wildman–Crippen LogP) is 4.76. The minimum atomic E-state index is -0.409. The second kappa shape index (κ2) is 7.66. The summed E-state index contributed by atoms with van der Waals surface area (Å²) in [6.45, 7) is 1.90. The molecule has 4 rings (SSSR count). The Bertz CT molecular complexity index is 1210. The van der Waals surface area contributed by atoms with Crippen LogP contribution >= 0.6 is 11.3 Å². The zero-order valence-electron chi connectivity index (χ0n) is 15.3. The van der Waals surface area contributed by atoms with Crippen LogP contribution in [0.2, 0.25) is 0 Å². The maximum atomic E-state index is 12.3. The molecule has 28 heavy (non-hydrogen) atoms. The number of methoxy groups -OCH3 is 1. The van der Waals surface area contributed by atoms with E-state index in [1.165, 1.54) is 11.3 Å². The highest BCUT2D eigenvalue weighted by atomic mass is 32.1. The van der Waals surface area contributed by atoms with Gasteiger partial charge in [-0.3, -0.25) is 5.43 Å². The van der Waals surface area contributed by atoms with E-state index in [2.05, 4.69) is 15.5 Å². The van der Waals surface area contributed by atoms with E-state index in [-0.39, 0.29) is 0 Å². The fourth-order valence-corrected chi connectivity index (χ4v) is 3.37. The Morgan fingerprint density at radius 1 is 1.18 bits per heavy atom. The highest BCUT2D eigenvalue weighted by Crippen LogP contribution is 2.25. The van der Waals surface area contributed by atoms with Gasteiger partial charge in [-0.1, -0.05) is 18.2 Å². The van der Waals surface area contributed by atoms with Crippen molar-refractivity contribution in [1.29, 1.82) is 0 Å².